The van der Waals surface area contributed by atoms with E-state index in [1.165, 1.54) is 28.6 Å². The normalized spacial score (nSPS) is 15.4. The Balaban J connectivity index is 2.16. The van der Waals surface area contributed by atoms with Gasteiger partial charge in [0, 0.05) is 23.2 Å². The van der Waals surface area contributed by atoms with E-state index < -0.39 is 0 Å². The van der Waals surface area contributed by atoms with Crippen molar-refractivity contribution in [3.8, 4) is 0 Å². The highest BCUT2D eigenvalue weighted by Crippen LogP contribution is 2.32. The maximum absolute atomic E-state index is 5.55. The van der Waals surface area contributed by atoms with Gasteiger partial charge in [0.1, 0.15) is 0 Å². The minimum atomic E-state index is 0.705. The molecule has 82 valence electrons. The van der Waals surface area contributed by atoms with Gasteiger partial charge in [-0.2, -0.15) is 0 Å². The van der Waals surface area contributed by atoms with Crippen molar-refractivity contribution in [2.24, 2.45) is 5.73 Å². The highest BCUT2D eigenvalue weighted by molar-refractivity contribution is 9.10. The van der Waals surface area contributed by atoms with Crippen molar-refractivity contribution < 1.29 is 0 Å². The third kappa shape index (κ3) is 2.52. The maximum Gasteiger partial charge on any atom is 0.0377 e. The smallest absolute Gasteiger partial charge is 0.0377 e. The standard InChI is InChI=1S/C12H17BrN2/c1-15(10-4-5-10)11-3-2-9(6-7-14)12(13)8-11/h2-3,8,10H,4-7,14H2,1H3. The first-order valence-corrected chi connectivity index (χ1v) is 6.23. The van der Waals surface area contributed by atoms with E-state index in [1.807, 2.05) is 0 Å². The first-order chi connectivity index (χ1) is 7.22. The van der Waals surface area contributed by atoms with Gasteiger partial charge in [0.15, 0.2) is 0 Å². The lowest BCUT2D eigenvalue weighted by atomic mass is 10.1. The minimum absolute atomic E-state index is 0.705. The van der Waals surface area contributed by atoms with Gasteiger partial charge in [-0.3, -0.25) is 0 Å². The topological polar surface area (TPSA) is 29.3 Å². The van der Waals surface area contributed by atoms with Crippen LogP contribution in [0.25, 0.3) is 0 Å². The van der Waals surface area contributed by atoms with Crippen LogP contribution in [-0.2, 0) is 6.42 Å². The molecule has 0 saturated heterocycles. The number of nitrogens with zero attached hydrogens (tertiary/aromatic N) is 1. The molecule has 2 rings (SSSR count). The minimum Gasteiger partial charge on any atom is -0.372 e. The third-order valence-corrected chi connectivity index (χ3v) is 3.69. The van der Waals surface area contributed by atoms with Crippen LogP contribution >= 0.6 is 15.9 Å². The number of rotatable bonds is 4. The average Bonchev–Trinajstić information content (AvgIpc) is 3.04. The van der Waals surface area contributed by atoms with Gasteiger partial charge in [-0.1, -0.05) is 22.0 Å². The molecular weight excluding hydrogens is 252 g/mol. The third-order valence-electron chi connectivity index (χ3n) is 2.95. The molecule has 15 heavy (non-hydrogen) atoms. The molecule has 1 aliphatic rings. The van der Waals surface area contributed by atoms with Crippen LogP contribution in [0.5, 0.6) is 0 Å². The van der Waals surface area contributed by atoms with Gasteiger partial charge in [-0.25, -0.2) is 0 Å². The van der Waals surface area contributed by atoms with E-state index in [2.05, 4.69) is 46.1 Å². The van der Waals surface area contributed by atoms with E-state index in [4.69, 9.17) is 5.73 Å². The molecule has 1 aromatic rings. The summed E-state index contributed by atoms with van der Waals surface area (Å²) in [4.78, 5) is 2.36. The highest BCUT2D eigenvalue weighted by Gasteiger charge is 2.26. The van der Waals surface area contributed by atoms with E-state index >= 15 is 0 Å². The van der Waals surface area contributed by atoms with E-state index in [-0.39, 0.29) is 0 Å². The molecule has 0 unspecified atom stereocenters. The molecule has 0 aliphatic heterocycles. The summed E-state index contributed by atoms with van der Waals surface area (Å²) in [6.45, 7) is 0.705. The van der Waals surface area contributed by atoms with Gasteiger partial charge in [0.25, 0.3) is 0 Å². The van der Waals surface area contributed by atoms with E-state index in [9.17, 15) is 0 Å². The zero-order chi connectivity index (χ0) is 10.8. The molecule has 0 amide bonds. The lowest BCUT2D eigenvalue weighted by Gasteiger charge is -2.19. The van der Waals surface area contributed by atoms with Gasteiger partial charge in [-0.05, 0) is 43.5 Å². The summed E-state index contributed by atoms with van der Waals surface area (Å²) >= 11 is 3.60. The Bertz CT molecular complexity index is 347. The van der Waals surface area contributed by atoms with Gasteiger partial charge in [-0.15, -0.1) is 0 Å². The van der Waals surface area contributed by atoms with Crippen molar-refractivity contribution in [3.05, 3.63) is 28.2 Å². The highest BCUT2D eigenvalue weighted by atomic mass is 79.9. The number of benzene rings is 1. The summed E-state index contributed by atoms with van der Waals surface area (Å²) in [7, 11) is 2.17. The SMILES string of the molecule is CN(c1ccc(CCN)c(Br)c1)C1CC1. The zero-order valence-electron chi connectivity index (χ0n) is 9.04. The Kier molecular flexibility index (Phi) is 3.32. The summed E-state index contributed by atoms with van der Waals surface area (Å²) in [5, 5.41) is 0. The average molecular weight is 269 g/mol. The van der Waals surface area contributed by atoms with Gasteiger partial charge >= 0.3 is 0 Å². The molecule has 1 aliphatic carbocycles. The number of hydrogen-bond donors (Lipinski definition) is 1. The Morgan fingerprint density at radius 2 is 2.20 bits per heavy atom. The summed E-state index contributed by atoms with van der Waals surface area (Å²) in [6, 6.07) is 7.32. The molecule has 0 atom stereocenters. The maximum atomic E-state index is 5.55. The van der Waals surface area contributed by atoms with Gasteiger partial charge in [0.05, 0.1) is 0 Å². The van der Waals surface area contributed by atoms with Crippen LogP contribution in [0.1, 0.15) is 18.4 Å². The second-order valence-electron chi connectivity index (χ2n) is 4.16. The van der Waals surface area contributed by atoms with E-state index in [0.29, 0.717) is 6.54 Å². The lowest BCUT2D eigenvalue weighted by molar-refractivity contribution is 0.911. The van der Waals surface area contributed by atoms with E-state index in [1.54, 1.807) is 0 Å². The molecule has 0 radical (unpaired) electrons. The fraction of sp³-hybridized carbons (Fsp3) is 0.500. The van der Waals surface area contributed by atoms with Crippen LogP contribution in [0.15, 0.2) is 22.7 Å². The molecule has 0 bridgehead atoms. The molecule has 0 heterocycles. The van der Waals surface area contributed by atoms with Crippen LogP contribution in [0.3, 0.4) is 0 Å². The number of hydrogen-bond acceptors (Lipinski definition) is 2. The molecule has 1 aromatic carbocycles. The summed E-state index contributed by atoms with van der Waals surface area (Å²) in [5.74, 6) is 0. The molecule has 1 saturated carbocycles. The molecule has 0 spiro atoms. The number of halogens is 1. The summed E-state index contributed by atoms with van der Waals surface area (Å²) < 4.78 is 1.18. The second-order valence-corrected chi connectivity index (χ2v) is 5.01. The van der Waals surface area contributed by atoms with Crippen LogP contribution < -0.4 is 10.6 Å². The fourth-order valence-electron chi connectivity index (χ4n) is 1.79. The number of anilines is 1. The van der Waals surface area contributed by atoms with Crippen LogP contribution in [0, 0.1) is 0 Å². The molecule has 2 nitrogen and oxygen atoms in total. The quantitative estimate of drug-likeness (QED) is 0.910. The zero-order valence-corrected chi connectivity index (χ0v) is 10.6. The Hall–Kier alpha value is -0.540. The second kappa shape index (κ2) is 4.54. The monoisotopic (exact) mass is 268 g/mol. The van der Waals surface area contributed by atoms with Crippen LogP contribution in [0.2, 0.25) is 0 Å². The van der Waals surface area contributed by atoms with Crippen LogP contribution in [0.4, 0.5) is 5.69 Å². The Morgan fingerprint density at radius 1 is 1.47 bits per heavy atom. The fourth-order valence-corrected chi connectivity index (χ4v) is 2.35. The lowest BCUT2D eigenvalue weighted by Crippen LogP contribution is -2.19. The molecule has 1 fully saturated rings. The van der Waals surface area contributed by atoms with Crippen molar-refractivity contribution in [1.82, 2.24) is 0 Å². The van der Waals surface area contributed by atoms with Gasteiger partial charge in [0.2, 0.25) is 0 Å². The summed E-state index contributed by atoms with van der Waals surface area (Å²) in [5.41, 5.74) is 8.15. The first kappa shape index (κ1) is 11.0. The van der Waals surface area contributed by atoms with Gasteiger partial charge < -0.3 is 10.6 Å². The van der Waals surface area contributed by atoms with Crippen molar-refractivity contribution in [1.29, 1.82) is 0 Å². The van der Waals surface area contributed by atoms with Crippen molar-refractivity contribution >= 4 is 21.6 Å². The summed E-state index contributed by atoms with van der Waals surface area (Å²) in [6.07, 6.45) is 3.60. The van der Waals surface area contributed by atoms with E-state index in [0.717, 1.165) is 12.5 Å². The van der Waals surface area contributed by atoms with Crippen molar-refractivity contribution in [3.63, 3.8) is 0 Å². The van der Waals surface area contributed by atoms with Crippen molar-refractivity contribution in [2.45, 2.75) is 25.3 Å². The van der Waals surface area contributed by atoms with Crippen LogP contribution in [-0.4, -0.2) is 19.6 Å². The predicted molar refractivity (Wildman–Crippen MR) is 68.3 cm³/mol. The Labute approximate surface area is 99.6 Å². The van der Waals surface area contributed by atoms with Crippen molar-refractivity contribution in [2.75, 3.05) is 18.5 Å². The molecule has 2 N–H and O–H groups in total. The number of nitrogens with two attached hydrogens (primary N) is 1. The molecule has 0 aromatic heterocycles. The first-order valence-electron chi connectivity index (χ1n) is 5.43. The molecule has 3 heteroatoms. The molecular formula is C12H17BrN2. The largest absolute Gasteiger partial charge is 0.372 e. The predicted octanol–water partition coefficient (Wildman–Crippen LogP) is 2.55. The Morgan fingerprint density at radius 3 is 2.73 bits per heavy atom.